The average molecular weight is 335 g/mol. The molecule has 1 amide bonds. The van der Waals surface area contributed by atoms with Gasteiger partial charge in [0.15, 0.2) is 0 Å². The second kappa shape index (κ2) is 5.32. The summed E-state index contributed by atoms with van der Waals surface area (Å²) in [6.45, 7) is 0.0386. The standard InChI is InChI=1S/C12H10BrF3N2O/c13-10-5-8(6-17-7-10)11(19)18-3-1-9(2-4-18)12(14,15)16/h1,5-7H,2-4H2. The number of carbonyl (C=O) groups excluding carboxylic acids is 1. The Hall–Kier alpha value is -1.37. The van der Waals surface area contributed by atoms with Gasteiger partial charge < -0.3 is 4.90 Å². The Kier molecular flexibility index (Phi) is 3.93. The van der Waals surface area contributed by atoms with Gasteiger partial charge in [-0.15, -0.1) is 0 Å². The topological polar surface area (TPSA) is 33.2 Å². The molecule has 1 aliphatic heterocycles. The third-order valence-corrected chi connectivity index (χ3v) is 3.25. The Balaban J connectivity index is 2.10. The molecule has 0 N–H and O–H groups in total. The van der Waals surface area contributed by atoms with Crippen LogP contribution >= 0.6 is 15.9 Å². The zero-order valence-corrected chi connectivity index (χ0v) is 11.3. The SMILES string of the molecule is O=C(c1cncc(Br)c1)N1CC=C(C(F)(F)F)CC1. The van der Waals surface area contributed by atoms with Gasteiger partial charge in [0, 0.05) is 35.5 Å². The number of halogens is 4. The highest BCUT2D eigenvalue weighted by Gasteiger charge is 2.35. The summed E-state index contributed by atoms with van der Waals surface area (Å²) >= 11 is 3.20. The lowest BCUT2D eigenvalue weighted by atomic mass is 10.1. The first-order valence-electron chi connectivity index (χ1n) is 5.54. The molecule has 1 aromatic rings. The maximum absolute atomic E-state index is 12.5. The van der Waals surface area contributed by atoms with Crippen LogP contribution in [0.15, 0.2) is 34.6 Å². The number of alkyl halides is 3. The first kappa shape index (κ1) is 14.0. The van der Waals surface area contributed by atoms with Gasteiger partial charge in [-0.1, -0.05) is 6.08 Å². The van der Waals surface area contributed by atoms with Crippen molar-refractivity contribution in [3.63, 3.8) is 0 Å². The third kappa shape index (κ3) is 3.34. The summed E-state index contributed by atoms with van der Waals surface area (Å²) in [4.78, 5) is 17.3. The first-order chi connectivity index (χ1) is 8.88. The largest absolute Gasteiger partial charge is 0.412 e. The second-order valence-electron chi connectivity index (χ2n) is 4.12. The highest BCUT2D eigenvalue weighted by molar-refractivity contribution is 9.10. The van der Waals surface area contributed by atoms with Crippen LogP contribution in [0.4, 0.5) is 13.2 Å². The van der Waals surface area contributed by atoms with Crippen molar-refractivity contribution in [1.82, 2.24) is 9.88 Å². The Morgan fingerprint density at radius 3 is 2.63 bits per heavy atom. The Labute approximate surface area is 116 Å². The minimum absolute atomic E-state index is 0.0276. The third-order valence-electron chi connectivity index (χ3n) is 2.81. The molecule has 0 spiro atoms. The lowest BCUT2D eigenvalue weighted by molar-refractivity contribution is -0.0957. The van der Waals surface area contributed by atoms with Gasteiger partial charge in [-0.05, 0) is 28.4 Å². The zero-order valence-electron chi connectivity index (χ0n) is 9.75. The highest BCUT2D eigenvalue weighted by Crippen LogP contribution is 2.30. The van der Waals surface area contributed by atoms with Gasteiger partial charge in [0.2, 0.25) is 0 Å². The van der Waals surface area contributed by atoms with Crippen LogP contribution in [0.1, 0.15) is 16.8 Å². The molecule has 0 unspecified atom stereocenters. The smallest absolute Gasteiger partial charge is 0.335 e. The van der Waals surface area contributed by atoms with Crippen molar-refractivity contribution in [2.24, 2.45) is 0 Å². The van der Waals surface area contributed by atoms with Gasteiger partial charge >= 0.3 is 6.18 Å². The van der Waals surface area contributed by atoms with E-state index in [0.717, 1.165) is 6.08 Å². The van der Waals surface area contributed by atoms with Crippen LogP contribution in [-0.4, -0.2) is 35.1 Å². The Bertz CT molecular complexity index is 528. The van der Waals surface area contributed by atoms with Crippen molar-refractivity contribution in [3.05, 3.63) is 40.1 Å². The summed E-state index contributed by atoms with van der Waals surface area (Å²) in [6.07, 6.45) is -0.472. The summed E-state index contributed by atoms with van der Waals surface area (Å²) in [7, 11) is 0. The Morgan fingerprint density at radius 1 is 1.37 bits per heavy atom. The molecule has 0 bridgehead atoms. The first-order valence-corrected chi connectivity index (χ1v) is 6.33. The number of hydrogen-bond acceptors (Lipinski definition) is 2. The summed E-state index contributed by atoms with van der Waals surface area (Å²) in [5.41, 5.74) is -0.206. The molecule has 0 saturated heterocycles. The van der Waals surface area contributed by atoms with E-state index in [-0.39, 0.29) is 25.4 Å². The van der Waals surface area contributed by atoms with Crippen LogP contribution in [0, 0.1) is 0 Å². The van der Waals surface area contributed by atoms with Crippen LogP contribution in [-0.2, 0) is 0 Å². The molecule has 7 heteroatoms. The molecule has 2 heterocycles. The molecule has 0 aliphatic carbocycles. The number of nitrogens with zero attached hydrogens (tertiary/aromatic N) is 2. The van der Waals surface area contributed by atoms with Crippen molar-refractivity contribution in [3.8, 4) is 0 Å². The van der Waals surface area contributed by atoms with Gasteiger partial charge in [-0.2, -0.15) is 13.2 Å². The molecule has 0 aromatic carbocycles. The molecular formula is C12H10BrF3N2O. The van der Waals surface area contributed by atoms with Gasteiger partial charge in [-0.3, -0.25) is 9.78 Å². The summed E-state index contributed by atoms with van der Waals surface area (Å²) in [6, 6.07) is 1.60. The van der Waals surface area contributed by atoms with Crippen molar-refractivity contribution >= 4 is 21.8 Å². The number of hydrogen-bond donors (Lipinski definition) is 0. The molecule has 102 valence electrons. The van der Waals surface area contributed by atoms with Gasteiger partial charge in [0.05, 0.1) is 5.56 Å². The molecule has 0 atom stereocenters. The predicted molar refractivity (Wildman–Crippen MR) is 66.6 cm³/mol. The molecule has 0 fully saturated rings. The minimum atomic E-state index is -4.30. The molecule has 19 heavy (non-hydrogen) atoms. The van der Waals surface area contributed by atoms with E-state index < -0.39 is 11.7 Å². The van der Waals surface area contributed by atoms with Crippen LogP contribution in [0.5, 0.6) is 0 Å². The fraction of sp³-hybridized carbons (Fsp3) is 0.333. The van der Waals surface area contributed by atoms with E-state index in [1.54, 1.807) is 6.07 Å². The summed E-state index contributed by atoms with van der Waals surface area (Å²) in [5, 5.41) is 0. The van der Waals surface area contributed by atoms with E-state index in [2.05, 4.69) is 20.9 Å². The predicted octanol–water partition coefficient (Wildman–Crippen LogP) is 3.18. The molecule has 0 saturated carbocycles. The van der Waals surface area contributed by atoms with E-state index >= 15 is 0 Å². The molecule has 3 nitrogen and oxygen atoms in total. The van der Waals surface area contributed by atoms with Crippen LogP contribution < -0.4 is 0 Å². The fourth-order valence-electron chi connectivity index (χ4n) is 1.82. The number of aromatic nitrogens is 1. The monoisotopic (exact) mass is 334 g/mol. The fourth-order valence-corrected chi connectivity index (χ4v) is 2.19. The van der Waals surface area contributed by atoms with Gasteiger partial charge in [0.1, 0.15) is 0 Å². The van der Waals surface area contributed by atoms with Gasteiger partial charge in [-0.25, -0.2) is 0 Å². The summed E-state index contributed by atoms with van der Waals surface area (Å²) < 4.78 is 38.0. The number of pyridine rings is 1. The number of carbonyl (C=O) groups is 1. The molecule has 0 radical (unpaired) electrons. The second-order valence-corrected chi connectivity index (χ2v) is 5.04. The summed E-state index contributed by atoms with van der Waals surface area (Å²) in [5.74, 6) is -0.314. The van der Waals surface area contributed by atoms with Crippen molar-refractivity contribution < 1.29 is 18.0 Å². The van der Waals surface area contributed by atoms with E-state index in [4.69, 9.17) is 0 Å². The molecule has 1 aromatic heterocycles. The van der Waals surface area contributed by atoms with Crippen LogP contribution in [0.3, 0.4) is 0 Å². The van der Waals surface area contributed by atoms with Crippen LogP contribution in [0.2, 0.25) is 0 Å². The maximum atomic E-state index is 12.5. The van der Waals surface area contributed by atoms with E-state index in [0.29, 0.717) is 10.0 Å². The van der Waals surface area contributed by atoms with Crippen molar-refractivity contribution in [2.45, 2.75) is 12.6 Å². The quantitative estimate of drug-likeness (QED) is 0.739. The normalized spacial score (nSPS) is 16.2. The number of amides is 1. The molecule has 2 rings (SSSR count). The number of rotatable bonds is 1. The minimum Gasteiger partial charge on any atom is -0.335 e. The maximum Gasteiger partial charge on any atom is 0.412 e. The Morgan fingerprint density at radius 2 is 2.11 bits per heavy atom. The zero-order chi connectivity index (χ0) is 14.0. The lowest BCUT2D eigenvalue weighted by Crippen LogP contribution is -2.36. The van der Waals surface area contributed by atoms with Crippen molar-refractivity contribution in [1.29, 1.82) is 0 Å². The van der Waals surface area contributed by atoms with Gasteiger partial charge in [0.25, 0.3) is 5.91 Å². The van der Waals surface area contributed by atoms with E-state index in [1.165, 1.54) is 17.3 Å². The van der Waals surface area contributed by atoms with E-state index in [9.17, 15) is 18.0 Å². The lowest BCUT2D eigenvalue weighted by Gasteiger charge is -2.27. The van der Waals surface area contributed by atoms with Crippen LogP contribution in [0.25, 0.3) is 0 Å². The molecular weight excluding hydrogens is 325 g/mol. The van der Waals surface area contributed by atoms with Crippen molar-refractivity contribution in [2.75, 3.05) is 13.1 Å². The van der Waals surface area contributed by atoms with E-state index in [1.807, 2.05) is 0 Å². The average Bonchev–Trinajstić information content (AvgIpc) is 2.37. The molecule has 1 aliphatic rings. The highest BCUT2D eigenvalue weighted by atomic mass is 79.9.